The van der Waals surface area contributed by atoms with Crippen molar-refractivity contribution in [1.29, 1.82) is 0 Å². The molecule has 1 amide bonds. The molecule has 22 heavy (non-hydrogen) atoms. The Labute approximate surface area is 135 Å². The summed E-state index contributed by atoms with van der Waals surface area (Å²) in [6.45, 7) is 1.72. The van der Waals surface area contributed by atoms with Gasteiger partial charge in [-0.15, -0.1) is 0 Å². The van der Waals surface area contributed by atoms with Gasteiger partial charge in [-0.25, -0.2) is 4.79 Å². The number of carboxylic acid groups (broad SMARTS) is 1. The number of benzene rings is 2. The molecule has 0 fully saturated rings. The van der Waals surface area contributed by atoms with Crippen LogP contribution in [0, 0.1) is 0 Å². The standard InChI is InChI=1S/C16H14BrNO4/c1-9(10-4-2-5-11(17)8-10)15(20)18-12-6-3-7-13(19)14(12)16(21)22/h2-9,19H,1H3,(H,18,20)(H,21,22). The first-order valence-electron chi connectivity index (χ1n) is 6.51. The lowest BCUT2D eigenvalue weighted by molar-refractivity contribution is -0.117. The van der Waals surface area contributed by atoms with Crippen LogP contribution >= 0.6 is 15.9 Å². The van der Waals surface area contributed by atoms with Crippen LogP contribution in [0.15, 0.2) is 46.9 Å². The summed E-state index contributed by atoms with van der Waals surface area (Å²) in [4.78, 5) is 23.5. The number of anilines is 1. The van der Waals surface area contributed by atoms with E-state index in [2.05, 4.69) is 21.2 Å². The van der Waals surface area contributed by atoms with Crippen LogP contribution in [-0.2, 0) is 4.79 Å². The molecule has 0 aliphatic heterocycles. The van der Waals surface area contributed by atoms with Crippen LogP contribution in [0.1, 0.15) is 28.8 Å². The van der Waals surface area contributed by atoms with Gasteiger partial charge in [0.1, 0.15) is 11.3 Å². The van der Waals surface area contributed by atoms with E-state index in [0.717, 1.165) is 10.0 Å². The Hall–Kier alpha value is -2.34. The lowest BCUT2D eigenvalue weighted by Crippen LogP contribution is -2.20. The van der Waals surface area contributed by atoms with Crippen LogP contribution in [-0.4, -0.2) is 22.1 Å². The van der Waals surface area contributed by atoms with Gasteiger partial charge in [-0.3, -0.25) is 4.79 Å². The third-order valence-electron chi connectivity index (χ3n) is 3.26. The largest absolute Gasteiger partial charge is 0.507 e. The molecular formula is C16H14BrNO4. The fourth-order valence-electron chi connectivity index (χ4n) is 2.04. The maximum absolute atomic E-state index is 12.3. The molecule has 6 heteroatoms. The van der Waals surface area contributed by atoms with Gasteiger partial charge in [-0.05, 0) is 36.8 Å². The summed E-state index contributed by atoms with van der Waals surface area (Å²) in [5, 5.41) is 21.3. The molecule has 114 valence electrons. The molecule has 2 aromatic rings. The van der Waals surface area contributed by atoms with Crippen molar-refractivity contribution in [3.63, 3.8) is 0 Å². The molecule has 0 radical (unpaired) electrons. The van der Waals surface area contributed by atoms with Gasteiger partial charge in [-0.1, -0.05) is 34.1 Å². The predicted molar refractivity (Wildman–Crippen MR) is 86.3 cm³/mol. The fourth-order valence-corrected chi connectivity index (χ4v) is 2.45. The minimum atomic E-state index is -1.30. The molecule has 1 atom stereocenters. The summed E-state index contributed by atoms with van der Waals surface area (Å²) in [6, 6.07) is 11.5. The van der Waals surface area contributed by atoms with Crippen molar-refractivity contribution in [2.45, 2.75) is 12.8 Å². The first-order chi connectivity index (χ1) is 10.4. The first kappa shape index (κ1) is 16.0. The van der Waals surface area contributed by atoms with Gasteiger partial charge < -0.3 is 15.5 Å². The molecule has 0 bridgehead atoms. The number of halogens is 1. The summed E-state index contributed by atoms with van der Waals surface area (Å²) < 4.78 is 0.855. The monoisotopic (exact) mass is 363 g/mol. The number of aromatic carboxylic acids is 1. The van der Waals surface area contributed by atoms with E-state index in [1.807, 2.05) is 24.3 Å². The van der Waals surface area contributed by atoms with Crippen LogP contribution in [0.5, 0.6) is 5.75 Å². The fraction of sp³-hybridized carbons (Fsp3) is 0.125. The average Bonchev–Trinajstić information content (AvgIpc) is 2.46. The van der Waals surface area contributed by atoms with Crippen LogP contribution in [0.2, 0.25) is 0 Å². The number of carboxylic acids is 1. The number of hydrogen-bond donors (Lipinski definition) is 3. The molecule has 0 saturated heterocycles. The molecule has 1 unspecified atom stereocenters. The Bertz CT molecular complexity index is 730. The molecule has 2 aromatic carbocycles. The lowest BCUT2D eigenvalue weighted by atomic mass is 10.00. The highest BCUT2D eigenvalue weighted by molar-refractivity contribution is 9.10. The molecule has 5 nitrogen and oxygen atoms in total. The Kier molecular flexibility index (Phi) is 4.82. The van der Waals surface area contributed by atoms with Crippen molar-refractivity contribution in [3.05, 3.63) is 58.1 Å². The normalized spacial score (nSPS) is 11.7. The van der Waals surface area contributed by atoms with Crippen molar-refractivity contribution in [2.75, 3.05) is 5.32 Å². The van der Waals surface area contributed by atoms with Gasteiger partial charge in [0.15, 0.2) is 0 Å². The number of hydrogen-bond acceptors (Lipinski definition) is 3. The van der Waals surface area contributed by atoms with Gasteiger partial charge >= 0.3 is 5.97 Å². The second-order valence-electron chi connectivity index (χ2n) is 4.77. The van der Waals surface area contributed by atoms with Crippen LogP contribution in [0.25, 0.3) is 0 Å². The van der Waals surface area contributed by atoms with E-state index in [1.54, 1.807) is 6.92 Å². The molecule has 0 heterocycles. The summed E-state index contributed by atoms with van der Waals surface area (Å²) in [6.07, 6.45) is 0. The van der Waals surface area contributed by atoms with Crippen molar-refractivity contribution >= 4 is 33.5 Å². The number of nitrogens with one attached hydrogen (secondary N) is 1. The van der Waals surface area contributed by atoms with Crippen LogP contribution in [0.4, 0.5) is 5.69 Å². The number of carbonyl (C=O) groups excluding carboxylic acids is 1. The molecule has 0 spiro atoms. The molecular weight excluding hydrogens is 350 g/mol. The third kappa shape index (κ3) is 3.46. The van der Waals surface area contributed by atoms with Gasteiger partial charge in [0.05, 0.1) is 11.6 Å². The first-order valence-corrected chi connectivity index (χ1v) is 7.31. The topological polar surface area (TPSA) is 86.6 Å². The number of rotatable bonds is 4. The van der Waals surface area contributed by atoms with E-state index in [-0.39, 0.29) is 22.9 Å². The highest BCUT2D eigenvalue weighted by atomic mass is 79.9. The van der Waals surface area contributed by atoms with E-state index in [0.29, 0.717) is 0 Å². The smallest absolute Gasteiger partial charge is 0.341 e. The maximum atomic E-state index is 12.3. The zero-order valence-electron chi connectivity index (χ0n) is 11.7. The van der Waals surface area contributed by atoms with E-state index < -0.39 is 11.9 Å². The average molecular weight is 364 g/mol. The van der Waals surface area contributed by atoms with Crippen LogP contribution < -0.4 is 5.32 Å². The Morgan fingerprint density at radius 2 is 1.86 bits per heavy atom. The Balaban J connectivity index is 2.26. The zero-order chi connectivity index (χ0) is 16.3. The molecule has 0 aliphatic carbocycles. The van der Waals surface area contributed by atoms with E-state index >= 15 is 0 Å². The third-order valence-corrected chi connectivity index (χ3v) is 3.75. The highest BCUT2D eigenvalue weighted by Crippen LogP contribution is 2.27. The second-order valence-corrected chi connectivity index (χ2v) is 5.69. The van der Waals surface area contributed by atoms with E-state index in [9.17, 15) is 14.7 Å². The quantitative estimate of drug-likeness (QED) is 0.774. The SMILES string of the molecule is CC(C(=O)Nc1cccc(O)c1C(=O)O)c1cccc(Br)c1. The number of phenols is 1. The Morgan fingerprint density at radius 3 is 2.50 bits per heavy atom. The lowest BCUT2D eigenvalue weighted by Gasteiger charge is -2.14. The van der Waals surface area contributed by atoms with E-state index in [4.69, 9.17) is 5.11 Å². The molecule has 3 N–H and O–H groups in total. The van der Waals surface area contributed by atoms with Crippen molar-refractivity contribution in [3.8, 4) is 5.75 Å². The molecule has 0 saturated carbocycles. The van der Waals surface area contributed by atoms with Gasteiger partial charge in [0.25, 0.3) is 0 Å². The number of amides is 1. The molecule has 0 aromatic heterocycles. The summed E-state index contributed by atoms with van der Waals surface area (Å²) in [5.74, 6) is -2.52. The van der Waals surface area contributed by atoms with Crippen molar-refractivity contribution in [1.82, 2.24) is 0 Å². The Morgan fingerprint density at radius 1 is 1.18 bits per heavy atom. The van der Waals surface area contributed by atoms with E-state index in [1.165, 1.54) is 18.2 Å². The molecule has 2 rings (SSSR count). The number of aromatic hydroxyl groups is 1. The van der Waals surface area contributed by atoms with Crippen molar-refractivity contribution in [2.24, 2.45) is 0 Å². The summed E-state index contributed by atoms with van der Waals surface area (Å²) in [5.41, 5.74) is 0.542. The van der Waals surface area contributed by atoms with Gasteiger partial charge in [0, 0.05) is 4.47 Å². The van der Waals surface area contributed by atoms with Gasteiger partial charge in [-0.2, -0.15) is 0 Å². The second kappa shape index (κ2) is 6.62. The predicted octanol–water partition coefficient (Wildman–Crippen LogP) is 3.60. The van der Waals surface area contributed by atoms with Crippen LogP contribution in [0.3, 0.4) is 0 Å². The summed E-state index contributed by atoms with van der Waals surface area (Å²) >= 11 is 3.34. The summed E-state index contributed by atoms with van der Waals surface area (Å²) in [7, 11) is 0. The zero-order valence-corrected chi connectivity index (χ0v) is 13.3. The molecule has 0 aliphatic rings. The number of carbonyl (C=O) groups is 2. The maximum Gasteiger partial charge on any atom is 0.341 e. The van der Waals surface area contributed by atoms with Crippen molar-refractivity contribution < 1.29 is 19.8 Å². The minimum absolute atomic E-state index is 0.0688. The van der Waals surface area contributed by atoms with Gasteiger partial charge in [0.2, 0.25) is 5.91 Å². The highest BCUT2D eigenvalue weighted by Gasteiger charge is 2.20. The minimum Gasteiger partial charge on any atom is -0.507 e.